The molecule has 106 valence electrons. The van der Waals surface area contributed by atoms with E-state index in [1.165, 1.54) is 11.4 Å². The third kappa shape index (κ3) is 2.03. The molecule has 4 heterocycles. The largest absolute Gasteiger partial charge is 0.378 e. The van der Waals surface area contributed by atoms with E-state index in [4.69, 9.17) is 14.5 Å². The fraction of sp³-hybridized carbons (Fsp3) is 0.500. The Morgan fingerprint density at radius 1 is 1.15 bits per heavy atom. The number of fused-ring (bicyclic) bond motifs is 3. The molecule has 6 heteroatoms. The van der Waals surface area contributed by atoms with Crippen molar-refractivity contribution in [1.29, 1.82) is 0 Å². The van der Waals surface area contributed by atoms with Gasteiger partial charge in [-0.25, -0.2) is 4.98 Å². The summed E-state index contributed by atoms with van der Waals surface area (Å²) >= 11 is 3.62. The molecule has 0 aliphatic carbocycles. The predicted molar refractivity (Wildman–Crippen MR) is 79.3 cm³/mol. The van der Waals surface area contributed by atoms with E-state index >= 15 is 0 Å². The van der Waals surface area contributed by atoms with E-state index in [-0.39, 0.29) is 0 Å². The second-order valence-electron chi connectivity index (χ2n) is 5.14. The molecule has 2 aliphatic rings. The highest BCUT2D eigenvalue weighted by Crippen LogP contribution is 2.30. The molecule has 0 saturated carbocycles. The lowest BCUT2D eigenvalue weighted by Gasteiger charge is -2.29. The van der Waals surface area contributed by atoms with Crippen molar-refractivity contribution in [3.05, 3.63) is 28.1 Å². The number of imidazole rings is 1. The molecule has 0 N–H and O–H groups in total. The molecule has 5 nitrogen and oxygen atoms in total. The zero-order valence-electron chi connectivity index (χ0n) is 11.1. The van der Waals surface area contributed by atoms with Crippen molar-refractivity contribution < 1.29 is 9.47 Å². The number of hydrogen-bond donors (Lipinski definition) is 0. The van der Waals surface area contributed by atoms with Crippen molar-refractivity contribution >= 4 is 27.3 Å². The highest BCUT2D eigenvalue weighted by atomic mass is 79.9. The molecule has 0 bridgehead atoms. The van der Waals surface area contributed by atoms with E-state index in [0.717, 1.165) is 55.1 Å². The number of rotatable bonds is 1. The van der Waals surface area contributed by atoms with Gasteiger partial charge in [0, 0.05) is 30.2 Å². The molecule has 0 unspecified atom stereocenters. The minimum absolute atomic E-state index is 0.622. The summed E-state index contributed by atoms with van der Waals surface area (Å²) < 4.78 is 14.3. The molecule has 1 fully saturated rings. The summed E-state index contributed by atoms with van der Waals surface area (Å²) in [6, 6.07) is 2.15. The van der Waals surface area contributed by atoms with Crippen molar-refractivity contribution in [2.75, 3.05) is 37.8 Å². The van der Waals surface area contributed by atoms with Crippen molar-refractivity contribution in [2.24, 2.45) is 0 Å². The molecule has 2 aromatic rings. The van der Waals surface area contributed by atoms with Crippen LogP contribution in [0.4, 0.5) is 5.69 Å². The van der Waals surface area contributed by atoms with Crippen LogP contribution in [0.1, 0.15) is 11.4 Å². The van der Waals surface area contributed by atoms with E-state index in [9.17, 15) is 0 Å². The van der Waals surface area contributed by atoms with Crippen molar-refractivity contribution in [1.82, 2.24) is 9.38 Å². The smallest absolute Gasteiger partial charge is 0.161 e. The molecule has 4 rings (SSSR count). The molecular weight excluding hydrogens is 322 g/mol. The zero-order chi connectivity index (χ0) is 13.5. The Labute approximate surface area is 125 Å². The Morgan fingerprint density at radius 3 is 2.85 bits per heavy atom. The van der Waals surface area contributed by atoms with Gasteiger partial charge in [-0.3, -0.25) is 0 Å². The Balaban J connectivity index is 1.89. The van der Waals surface area contributed by atoms with E-state index < -0.39 is 0 Å². The number of halogens is 1. The predicted octanol–water partition coefficient (Wildman–Crippen LogP) is 2.01. The summed E-state index contributed by atoms with van der Waals surface area (Å²) in [7, 11) is 0. The van der Waals surface area contributed by atoms with Crippen molar-refractivity contribution in [2.45, 2.75) is 13.0 Å². The van der Waals surface area contributed by atoms with Gasteiger partial charge < -0.3 is 18.8 Å². The van der Waals surface area contributed by atoms with Gasteiger partial charge in [-0.05, 0) is 22.0 Å². The van der Waals surface area contributed by atoms with Crippen LogP contribution in [0.2, 0.25) is 0 Å². The van der Waals surface area contributed by atoms with E-state index in [0.29, 0.717) is 6.61 Å². The van der Waals surface area contributed by atoms with Gasteiger partial charge in [0.2, 0.25) is 0 Å². The maximum Gasteiger partial charge on any atom is 0.161 e. The van der Waals surface area contributed by atoms with E-state index in [1.807, 2.05) is 0 Å². The van der Waals surface area contributed by atoms with Crippen LogP contribution in [0.5, 0.6) is 0 Å². The van der Waals surface area contributed by atoms with Crippen LogP contribution in [0.15, 0.2) is 16.7 Å². The van der Waals surface area contributed by atoms with Crippen LogP contribution in [0.3, 0.4) is 0 Å². The lowest BCUT2D eigenvalue weighted by atomic mass is 10.2. The summed E-state index contributed by atoms with van der Waals surface area (Å²) in [5, 5.41) is 0. The standard InChI is InChI=1S/C14H16BrN3O2/c15-10-7-13(17-2-5-19-6-3-17)14-16-11-9-20-4-1-12(11)18(14)8-10/h7-8H,1-6,9H2. The van der Waals surface area contributed by atoms with Gasteiger partial charge in [-0.2, -0.15) is 0 Å². The molecule has 0 aromatic carbocycles. The molecule has 0 amide bonds. The second kappa shape index (κ2) is 5.02. The van der Waals surface area contributed by atoms with Crippen molar-refractivity contribution in [3.63, 3.8) is 0 Å². The number of morpholine rings is 1. The first-order chi connectivity index (χ1) is 9.83. The minimum atomic E-state index is 0.622. The van der Waals surface area contributed by atoms with Crippen LogP contribution >= 0.6 is 15.9 Å². The molecule has 0 atom stereocenters. The molecule has 0 spiro atoms. The Morgan fingerprint density at radius 2 is 2.00 bits per heavy atom. The third-order valence-electron chi connectivity index (χ3n) is 3.92. The highest BCUT2D eigenvalue weighted by Gasteiger charge is 2.22. The quantitative estimate of drug-likeness (QED) is 0.797. The molecule has 1 saturated heterocycles. The van der Waals surface area contributed by atoms with Gasteiger partial charge in [0.1, 0.15) is 0 Å². The third-order valence-corrected chi connectivity index (χ3v) is 4.36. The maximum absolute atomic E-state index is 5.52. The SMILES string of the molecule is Brc1cc(N2CCOCC2)c2nc3c(n2c1)CCOC3. The second-order valence-corrected chi connectivity index (χ2v) is 6.06. The fourth-order valence-electron chi connectivity index (χ4n) is 2.94. The Kier molecular flexibility index (Phi) is 3.17. The molecule has 2 aliphatic heterocycles. The first-order valence-corrected chi connectivity index (χ1v) is 7.72. The first kappa shape index (κ1) is 12.6. The Hall–Kier alpha value is -1.11. The first-order valence-electron chi connectivity index (χ1n) is 6.93. The van der Waals surface area contributed by atoms with Gasteiger partial charge in [0.05, 0.1) is 43.5 Å². The zero-order valence-corrected chi connectivity index (χ0v) is 12.7. The van der Waals surface area contributed by atoms with Crippen LogP contribution in [0.25, 0.3) is 5.65 Å². The van der Waals surface area contributed by atoms with Crippen LogP contribution in [-0.4, -0.2) is 42.3 Å². The molecular formula is C14H16BrN3O2. The van der Waals surface area contributed by atoms with Gasteiger partial charge in [-0.1, -0.05) is 0 Å². The minimum Gasteiger partial charge on any atom is -0.378 e. The van der Waals surface area contributed by atoms with Crippen LogP contribution in [0, 0.1) is 0 Å². The Bertz CT molecular complexity index is 649. The normalized spacial score (nSPS) is 19.4. The van der Waals surface area contributed by atoms with E-state index in [2.05, 4.69) is 37.5 Å². The average molecular weight is 338 g/mol. The summed E-state index contributed by atoms with van der Waals surface area (Å²) in [6.45, 7) is 4.79. The molecule has 2 aromatic heterocycles. The number of ether oxygens (including phenoxy) is 2. The number of anilines is 1. The number of hydrogen-bond acceptors (Lipinski definition) is 4. The monoisotopic (exact) mass is 337 g/mol. The topological polar surface area (TPSA) is 39.0 Å². The number of pyridine rings is 1. The number of nitrogens with zero attached hydrogens (tertiary/aromatic N) is 3. The lowest BCUT2D eigenvalue weighted by molar-refractivity contribution is 0.107. The van der Waals surface area contributed by atoms with Gasteiger partial charge in [-0.15, -0.1) is 0 Å². The van der Waals surface area contributed by atoms with E-state index in [1.54, 1.807) is 0 Å². The fourth-order valence-corrected chi connectivity index (χ4v) is 3.37. The number of aromatic nitrogens is 2. The summed E-state index contributed by atoms with van der Waals surface area (Å²) in [6.07, 6.45) is 3.03. The van der Waals surface area contributed by atoms with Gasteiger partial charge in [0.25, 0.3) is 0 Å². The lowest BCUT2D eigenvalue weighted by Crippen LogP contribution is -2.36. The average Bonchev–Trinajstić information content (AvgIpc) is 2.86. The molecule has 0 radical (unpaired) electrons. The summed E-state index contributed by atoms with van der Waals surface area (Å²) in [4.78, 5) is 7.15. The maximum atomic E-state index is 5.52. The summed E-state index contributed by atoms with van der Waals surface area (Å²) in [5.74, 6) is 0. The van der Waals surface area contributed by atoms with Gasteiger partial charge in [0.15, 0.2) is 5.65 Å². The van der Waals surface area contributed by atoms with Crippen LogP contribution in [-0.2, 0) is 22.5 Å². The van der Waals surface area contributed by atoms with Crippen LogP contribution < -0.4 is 4.90 Å². The summed E-state index contributed by atoms with van der Waals surface area (Å²) in [5.41, 5.74) is 4.56. The highest BCUT2D eigenvalue weighted by molar-refractivity contribution is 9.10. The van der Waals surface area contributed by atoms with Crippen molar-refractivity contribution in [3.8, 4) is 0 Å². The molecule has 20 heavy (non-hydrogen) atoms. The van der Waals surface area contributed by atoms with Gasteiger partial charge >= 0.3 is 0 Å².